The van der Waals surface area contributed by atoms with E-state index in [-0.39, 0.29) is 25.2 Å². The van der Waals surface area contributed by atoms with Crippen molar-refractivity contribution in [2.24, 2.45) is 0 Å². The lowest BCUT2D eigenvalue weighted by atomic mass is 10.0. The highest BCUT2D eigenvalue weighted by Gasteiger charge is 2.16. The number of allylic oxidation sites excluding steroid dienone is 24. The minimum Gasteiger partial charge on any atom is -0.462 e. The average molecular weight is 1090 g/mol. The molecule has 0 saturated heterocycles. The summed E-state index contributed by atoms with van der Waals surface area (Å²) in [4.78, 5) is 24.6. The summed E-state index contributed by atoms with van der Waals surface area (Å²) >= 11 is 0. The van der Waals surface area contributed by atoms with Crippen LogP contribution in [0.2, 0.25) is 0 Å². The molecule has 1 atom stereocenters. The molecule has 0 fully saturated rings. The number of esters is 2. The van der Waals surface area contributed by atoms with E-state index < -0.39 is 6.10 Å². The number of hydrogen-bond donors (Lipinski definition) is 1. The van der Waals surface area contributed by atoms with Crippen molar-refractivity contribution in [3.05, 3.63) is 146 Å². The first-order chi connectivity index (χ1) is 39.1. The summed E-state index contributed by atoms with van der Waals surface area (Å²) in [5, 5.41) is 9.68. The standard InChI is InChI=1S/C74H122O5/c1-3-5-7-9-11-13-15-17-19-21-23-25-27-29-30-31-32-33-34-35-36-37-38-39-40-41-42-43-44-45-47-49-51-53-55-57-59-61-63-65-67-69-74(77)79-72(70-75)71-78-73(76)68-66-64-62-60-58-56-54-52-50-48-46-28-26-24-22-20-18-16-14-12-10-8-6-4-2/h5,7,11,13,17,19,23,25,29-30,32-33,35-36,38-39,41-42,44-45,49,51,55,57,72,75H,3-4,6,8-10,12,14-16,18,20-22,24,26-28,31,34,37,40,43,46-48,50,52-54,56,58-71H2,1-2H3/b7-5-,13-11-,19-17-,25-23-,30-29-,33-32-,36-35-,39-38-,42-41-,45-44-,51-49-,57-55-. The largest absolute Gasteiger partial charge is 0.462 e. The van der Waals surface area contributed by atoms with Crippen molar-refractivity contribution in [2.45, 2.75) is 296 Å². The van der Waals surface area contributed by atoms with Gasteiger partial charge in [-0.1, -0.05) is 320 Å². The maximum atomic E-state index is 12.3. The van der Waals surface area contributed by atoms with E-state index in [9.17, 15) is 14.7 Å². The van der Waals surface area contributed by atoms with E-state index >= 15 is 0 Å². The third kappa shape index (κ3) is 66.2. The van der Waals surface area contributed by atoms with Crippen LogP contribution in [-0.4, -0.2) is 36.4 Å². The summed E-state index contributed by atoms with van der Waals surface area (Å²) < 4.78 is 10.7. The van der Waals surface area contributed by atoms with Crippen molar-refractivity contribution in [2.75, 3.05) is 13.2 Å². The minimum absolute atomic E-state index is 0.0812. The Morgan fingerprint density at radius 3 is 0.823 bits per heavy atom. The van der Waals surface area contributed by atoms with E-state index in [0.29, 0.717) is 12.8 Å². The van der Waals surface area contributed by atoms with E-state index in [0.717, 1.165) is 128 Å². The third-order valence-corrected chi connectivity index (χ3v) is 13.9. The predicted molar refractivity (Wildman–Crippen MR) is 347 cm³/mol. The zero-order chi connectivity index (χ0) is 56.9. The molecule has 448 valence electrons. The summed E-state index contributed by atoms with van der Waals surface area (Å²) in [6.45, 7) is 4.03. The maximum absolute atomic E-state index is 12.3. The topological polar surface area (TPSA) is 72.8 Å². The monoisotopic (exact) mass is 1090 g/mol. The number of aliphatic hydroxyl groups excluding tert-OH is 1. The van der Waals surface area contributed by atoms with Crippen molar-refractivity contribution < 1.29 is 24.2 Å². The van der Waals surface area contributed by atoms with Gasteiger partial charge in [-0.3, -0.25) is 9.59 Å². The summed E-state index contributed by atoms with van der Waals surface area (Å²) in [6.07, 6.45) is 103. The van der Waals surface area contributed by atoms with Gasteiger partial charge in [0.25, 0.3) is 0 Å². The summed E-state index contributed by atoms with van der Waals surface area (Å²) in [7, 11) is 0. The molecule has 1 unspecified atom stereocenters. The van der Waals surface area contributed by atoms with E-state index in [4.69, 9.17) is 9.47 Å². The highest BCUT2D eigenvalue weighted by Crippen LogP contribution is 2.17. The van der Waals surface area contributed by atoms with Gasteiger partial charge in [-0.15, -0.1) is 0 Å². The second-order valence-corrected chi connectivity index (χ2v) is 21.5. The molecule has 5 heteroatoms. The number of rotatable bonds is 59. The lowest BCUT2D eigenvalue weighted by Gasteiger charge is -2.15. The highest BCUT2D eigenvalue weighted by molar-refractivity contribution is 5.70. The molecule has 5 nitrogen and oxygen atoms in total. The van der Waals surface area contributed by atoms with Crippen molar-refractivity contribution in [1.82, 2.24) is 0 Å². The summed E-state index contributed by atoms with van der Waals surface area (Å²) in [5.41, 5.74) is 0. The Morgan fingerprint density at radius 2 is 0.544 bits per heavy atom. The number of carbonyl (C=O) groups is 2. The lowest BCUT2D eigenvalue weighted by Crippen LogP contribution is -2.28. The Balaban J connectivity index is 3.62. The fourth-order valence-electron chi connectivity index (χ4n) is 9.01. The van der Waals surface area contributed by atoms with E-state index in [2.05, 4.69) is 160 Å². The Morgan fingerprint density at radius 1 is 0.304 bits per heavy atom. The molecule has 0 saturated carbocycles. The molecule has 0 aliphatic rings. The number of aliphatic hydroxyl groups is 1. The minimum atomic E-state index is -0.795. The van der Waals surface area contributed by atoms with Crippen molar-refractivity contribution in [3.63, 3.8) is 0 Å². The van der Waals surface area contributed by atoms with E-state index in [1.54, 1.807) is 0 Å². The summed E-state index contributed by atoms with van der Waals surface area (Å²) in [5.74, 6) is -0.618. The van der Waals surface area contributed by atoms with Gasteiger partial charge in [0.1, 0.15) is 6.61 Å². The van der Waals surface area contributed by atoms with Crippen LogP contribution in [-0.2, 0) is 19.1 Å². The molecule has 0 bridgehead atoms. The second-order valence-electron chi connectivity index (χ2n) is 21.5. The molecule has 0 aliphatic heterocycles. The third-order valence-electron chi connectivity index (χ3n) is 13.9. The Labute approximate surface area is 488 Å². The van der Waals surface area contributed by atoms with Gasteiger partial charge in [0.2, 0.25) is 0 Å². The first kappa shape index (κ1) is 74.8. The van der Waals surface area contributed by atoms with E-state index in [1.807, 2.05) is 0 Å². The van der Waals surface area contributed by atoms with Crippen molar-refractivity contribution >= 4 is 11.9 Å². The van der Waals surface area contributed by atoms with Crippen LogP contribution in [0.3, 0.4) is 0 Å². The molecule has 0 rings (SSSR count). The molecular weight excluding hydrogens is 969 g/mol. The van der Waals surface area contributed by atoms with Gasteiger partial charge in [0.05, 0.1) is 6.61 Å². The van der Waals surface area contributed by atoms with Crippen LogP contribution in [0.1, 0.15) is 290 Å². The average Bonchev–Trinajstić information content (AvgIpc) is 3.45. The van der Waals surface area contributed by atoms with Crippen LogP contribution >= 0.6 is 0 Å². The molecule has 0 aliphatic carbocycles. The molecule has 0 aromatic carbocycles. The smallest absolute Gasteiger partial charge is 0.306 e. The fraction of sp³-hybridized carbons (Fsp3) is 0.649. The zero-order valence-corrected chi connectivity index (χ0v) is 51.3. The quantitative estimate of drug-likeness (QED) is 0.0373. The normalized spacial score (nSPS) is 13.2. The molecule has 1 N–H and O–H groups in total. The van der Waals surface area contributed by atoms with Gasteiger partial charge in [-0.2, -0.15) is 0 Å². The number of carbonyl (C=O) groups excluding carboxylic acids is 2. The van der Waals surface area contributed by atoms with Crippen molar-refractivity contribution in [3.8, 4) is 0 Å². The Hall–Kier alpha value is -4.22. The number of ether oxygens (including phenoxy) is 2. The van der Waals surface area contributed by atoms with E-state index in [1.165, 1.54) is 135 Å². The van der Waals surface area contributed by atoms with Crippen LogP contribution in [0.4, 0.5) is 0 Å². The lowest BCUT2D eigenvalue weighted by molar-refractivity contribution is -0.161. The van der Waals surface area contributed by atoms with Gasteiger partial charge >= 0.3 is 11.9 Å². The second kappa shape index (κ2) is 68.1. The summed E-state index contributed by atoms with van der Waals surface area (Å²) in [6, 6.07) is 0. The van der Waals surface area contributed by atoms with Gasteiger partial charge in [-0.25, -0.2) is 0 Å². The number of unbranched alkanes of at least 4 members (excludes halogenated alkanes) is 27. The molecule has 0 spiro atoms. The predicted octanol–water partition coefficient (Wildman–Crippen LogP) is 22.9. The van der Waals surface area contributed by atoms with Gasteiger partial charge in [0.15, 0.2) is 6.10 Å². The zero-order valence-electron chi connectivity index (χ0n) is 51.3. The van der Waals surface area contributed by atoms with Gasteiger partial charge in [-0.05, 0) is 103 Å². The maximum Gasteiger partial charge on any atom is 0.306 e. The molecule has 0 heterocycles. The first-order valence-electron chi connectivity index (χ1n) is 32.9. The molecule has 79 heavy (non-hydrogen) atoms. The van der Waals surface area contributed by atoms with Crippen LogP contribution in [0.25, 0.3) is 0 Å². The molecule has 0 aromatic rings. The van der Waals surface area contributed by atoms with Crippen molar-refractivity contribution in [1.29, 1.82) is 0 Å². The SMILES string of the molecule is CC/C=C\C/C=C\C/C=C\C/C=C\C/C=C\C/C=C\C/C=C\C/C=C\C/C=C\C/C=C\C/C=C\C/C=C\CCCCCCC(=O)OC(CO)COC(=O)CCCCCCCCCCCCCCCCCCCCCCCCCC. The molecular formula is C74H122O5. The number of hydrogen-bond acceptors (Lipinski definition) is 5. The molecule has 0 amide bonds. The van der Waals surface area contributed by atoms with Crippen LogP contribution in [0.15, 0.2) is 146 Å². The van der Waals surface area contributed by atoms with Crippen LogP contribution < -0.4 is 0 Å². The first-order valence-corrected chi connectivity index (χ1v) is 32.9. The Bertz CT molecular complexity index is 1660. The Kier molecular flexibility index (Phi) is 64.4. The van der Waals surface area contributed by atoms with Gasteiger partial charge < -0.3 is 14.6 Å². The highest BCUT2D eigenvalue weighted by atomic mass is 16.6. The molecule has 0 radical (unpaired) electrons. The fourth-order valence-corrected chi connectivity index (χ4v) is 9.01. The van der Waals surface area contributed by atoms with Gasteiger partial charge in [0, 0.05) is 12.8 Å². The molecule has 0 aromatic heterocycles. The van der Waals surface area contributed by atoms with Crippen LogP contribution in [0, 0.1) is 0 Å². The van der Waals surface area contributed by atoms with Crippen LogP contribution in [0.5, 0.6) is 0 Å².